The number of amides is 1. The van der Waals surface area contributed by atoms with Crippen LogP contribution in [-0.4, -0.2) is 45.6 Å². The van der Waals surface area contributed by atoms with E-state index in [2.05, 4.69) is 5.32 Å². The highest BCUT2D eigenvalue weighted by atomic mass is 32.2. The summed E-state index contributed by atoms with van der Waals surface area (Å²) in [5, 5.41) is 20.5. The maximum absolute atomic E-state index is 11.9. The van der Waals surface area contributed by atoms with Gasteiger partial charge in [0.2, 0.25) is 5.91 Å². The third-order valence-corrected chi connectivity index (χ3v) is 4.44. The molecule has 0 aromatic carbocycles. The highest BCUT2D eigenvalue weighted by Crippen LogP contribution is 2.16. The first-order valence-electron chi connectivity index (χ1n) is 6.86. The molecule has 1 amide bonds. The second kappa shape index (κ2) is 8.84. The van der Waals surface area contributed by atoms with Crippen LogP contribution < -0.4 is 5.32 Å². The molecule has 0 bridgehead atoms. The molecule has 114 valence electrons. The molecule has 0 aliphatic carbocycles. The van der Waals surface area contributed by atoms with E-state index in [0.717, 1.165) is 31.4 Å². The summed E-state index contributed by atoms with van der Waals surface area (Å²) >= 11 is 1.48. The Kier molecular flexibility index (Phi) is 7.43. The lowest BCUT2D eigenvalue weighted by atomic mass is 9.99. The average Bonchev–Trinajstić information content (AvgIpc) is 2.39. The molecule has 1 aliphatic heterocycles. The SMILES string of the molecule is O=C(O)C1CCCCCCCSC[C@@H](C(=O)O)NC1=O. The Morgan fingerprint density at radius 3 is 2.35 bits per heavy atom. The van der Waals surface area contributed by atoms with Gasteiger partial charge in [0.25, 0.3) is 0 Å². The van der Waals surface area contributed by atoms with E-state index in [9.17, 15) is 14.4 Å². The molecule has 1 saturated heterocycles. The number of hydrogen-bond donors (Lipinski definition) is 3. The second-order valence-electron chi connectivity index (χ2n) is 4.92. The molecule has 0 radical (unpaired) electrons. The van der Waals surface area contributed by atoms with Gasteiger partial charge in [-0.3, -0.25) is 9.59 Å². The van der Waals surface area contributed by atoms with E-state index in [1.54, 1.807) is 0 Å². The summed E-state index contributed by atoms with van der Waals surface area (Å²) in [4.78, 5) is 34.1. The third-order valence-electron chi connectivity index (χ3n) is 3.30. The van der Waals surface area contributed by atoms with Gasteiger partial charge < -0.3 is 15.5 Å². The molecule has 0 aromatic rings. The Morgan fingerprint density at radius 2 is 1.70 bits per heavy atom. The fourth-order valence-corrected chi connectivity index (χ4v) is 3.13. The van der Waals surface area contributed by atoms with Crippen LogP contribution >= 0.6 is 11.8 Å². The van der Waals surface area contributed by atoms with E-state index >= 15 is 0 Å². The lowest BCUT2D eigenvalue weighted by Gasteiger charge is -2.17. The maximum Gasteiger partial charge on any atom is 0.327 e. The van der Waals surface area contributed by atoms with E-state index < -0.39 is 29.8 Å². The molecule has 3 N–H and O–H groups in total. The van der Waals surface area contributed by atoms with Crippen molar-refractivity contribution in [2.45, 2.75) is 44.6 Å². The second-order valence-corrected chi connectivity index (χ2v) is 6.07. The minimum Gasteiger partial charge on any atom is -0.481 e. The molecular weight excluding hydrogens is 282 g/mol. The normalized spacial score (nSPS) is 26.5. The van der Waals surface area contributed by atoms with E-state index in [1.165, 1.54) is 11.8 Å². The van der Waals surface area contributed by atoms with E-state index in [-0.39, 0.29) is 12.2 Å². The van der Waals surface area contributed by atoms with Crippen molar-refractivity contribution in [1.29, 1.82) is 0 Å². The summed E-state index contributed by atoms with van der Waals surface area (Å²) in [6.07, 6.45) is 4.95. The van der Waals surface area contributed by atoms with Crippen molar-refractivity contribution < 1.29 is 24.6 Å². The van der Waals surface area contributed by atoms with Crippen molar-refractivity contribution in [2.24, 2.45) is 5.92 Å². The van der Waals surface area contributed by atoms with Crippen LogP contribution in [0, 0.1) is 5.92 Å². The average molecular weight is 303 g/mol. The Hall–Kier alpha value is -1.24. The quantitative estimate of drug-likeness (QED) is 0.665. The van der Waals surface area contributed by atoms with Crippen LogP contribution in [-0.2, 0) is 14.4 Å². The molecule has 0 aromatic heterocycles. The van der Waals surface area contributed by atoms with Crippen molar-refractivity contribution in [3.63, 3.8) is 0 Å². The summed E-state index contributed by atoms with van der Waals surface area (Å²) in [6, 6.07) is -1.02. The highest BCUT2D eigenvalue weighted by Gasteiger charge is 2.29. The minimum absolute atomic E-state index is 0.265. The van der Waals surface area contributed by atoms with Gasteiger partial charge in [0.05, 0.1) is 0 Å². The molecule has 1 fully saturated rings. The summed E-state index contributed by atoms with van der Waals surface area (Å²) in [5.74, 6) is -3.01. The Labute approximate surface area is 122 Å². The molecular formula is C13H21NO5S. The van der Waals surface area contributed by atoms with Crippen LogP contribution in [0.25, 0.3) is 0 Å². The predicted octanol–water partition coefficient (Wildman–Crippen LogP) is 1.34. The number of aliphatic carboxylic acids is 2. The molecule has 6 nitrogen and oxygen atoms in total. The first-order chi connectivity index (χ1) is 9.52. The number of carboxylic acids is 2. The zero-order chi connectivity index (χ0) is 15.0. The summed E-state index contributed by atoms with van der Waals surface area (Å²) in [6.45, 7) is 0. The molecule has 1 unspecified atom stereocenters. The van der Waals surface area contributed by atoms with Gasteiger partial charge in [0, 0.05) is 5.75 Å². The molecule has 1 rings (SSSR count). The lowest BCUT2D eigenvalue weighted by molar-refractivity contribution is -0.149. The fraction of sp³-hybridized carbons (Fsp3) is 0.769. The number of nitrogens with one attached hydrogen (secondary N) is 1. The van der Waals surface area contributed by atoms with Gasteiger partial charge in [-0.25, -0.2) is 4.79 Å². The van der Waals surface area contributed by atoms with Crippen LogP contribution in [0.5, 0.6) is 0 Å². The van der Waals surface area contributed by atoms with Gasteiger partial charge in [-0.1, -0.05) is 25.7 Å². The number of thioether (sulfide) groups is 1. The van der Waals surface area contributed by atoms with Crippen LogP contribution in [0.1, 0.15) is 38.5 Å². The Bertz CT molecular complexity index is 361. The van der Waals surface area contributed by atoms with Crippen molar-refractivity contribution in [3.05, 3.63) is 0 Å². The monoisotopic (exact) mass is 303 g/mol. The van der Waals surface area contributed by atoms with Crippen molar-refractivity contribution in [3.8, 4) is 0 Å². The van der Waals surface area contributed by atoms with Gasteiger partial charge in [-0.2, -0.15) is 11.8 Å². The maximum atomic E-state index is 11.9. The third kappa shape index (κ3) is 5.81. The van der Waals surface area contributed by atoms with Crippen molar-refractivity contribution in [1.82, 2.24) is 5.32 Å². The van der Waals surface area contributed by atoms with E-state index in [0.29, 0.717) is 6.42 Å². The van der Waals surface area contributed by atoms with E-state index in [1.807, 2.05) is 0 Å². The Morgan fingerprint density at radius 1 is 1.05 bits per heavy atom. The van der Waals surface area contributed by atoms with Gasteiger partial charge in [0.15, 0.2) is 0 Å². The number of carbonyl (C=O) groups is 3. The topological polar surface area (TPSA) is 104 Å². The zero-order valence-corrected chi connectivity index (χ0v) is 12.2. The van der Waals surface area contributed by atoms with Crippen molar-refractivity contribution in [2.75, 3.05) is 11.5 Å². The number of hydrogen-bond acceptors (Lipinski definition) is 4. The summed E-state index contributed by atoms with van der Waals surface area (Å²) in [7, 11) is 0. The number of carboxylic acid groups (broad SMARTS) is 2. The standard InChI is InChI=1S/C13H21NO5S/c15-11-9(12(16)17)6-4-2-1-3-5-7-20-8-10(14-11)13(18)19/h9-10H,1-8H2,(H,14,15)(H,16,17)(H,18,19)/t9?,10-/m0/s1. The van der Waals surface area contributed by atoms with Crippen LogP contribution in [0.3, 0.4) is 0 Å². The minimum atomic E-state index is -1.19. The summed E-state index contributed by atoms with van der Waals surface area (Å²) < 4.78 is 0. The van der Waals surface area contributed by atoms with Crippen LogP contribution in [0.2, 0.25) is 0 Å². The van der Waals surface area contributed by atoms with Gasteiger partial charge in [-0.05, 0) is 18.6 Å². The van der Waals surface area contributed by atoms with Crippen LogP contribution in [0.4, 0.5) is 0 Å². The molecule has 0 saturated carbocycles. The van der Waals surface area contributed by atoms with Gasteiger partial charge in [-0.15, -0.1) is 0 Å². The van der Waals surface area contributed by atoms with E-state index in [4.69, 9.17) is 10.2 Å². The predicted molar refractivity (Wildman–Crippen MR) is 75.7 cm³/mol. The molecule has 2 atom stereocenters. The number of carbonyl (C=O) groups excluding carboxylic acids is 1. The molecule has 20 heavy (non-hydrogen) atoms. The Balaban J connectivity index is 2.72. The molecule has 0 spiro atoms. The molecule has 1 heterocycles. The molecule has 7 heteroatoms. The van der Waals surface area contributed by atoms with Crippen LogP contribution in [0.15, 0.2) is 0 Å². The first kappa shape index (κ1) is 16.8. The van der Waals surface area contributed by atoms with Gasteiger partial charge >= 0.3 is 11.9 Å². The summed E-state index contributed by atoms with van der Waals surface area (Å²) in [5.41, 5.74) is 0. The van der Waals surface area contributed by atoms with Gasteiger partial charge in [0.1, 0.15) is 12.0 Å². The largest absolute Gasteiger partial charge is 0.481 e. The highest BCUT2D eigenvalue weighted by molar-refractivity contribution is 7.99. The lowest BCUT2D eigenvalue weighted by Crippen LogP contribution is -2.46. The first-order valence-corrected chi connectivity index (χ1v) is 8.01. The number of rotatable bonds is 2. The van der Waals surface area contributed by atoms with Crippen molar-refractivity contribution >= 4 is 29.6 Å². The molecule has 1 aliphatic rings. The smallest absolute Gasteiger partial charge is 0.327 e. The zero-order valence-electron chi connectivity index (χ0n) is 11.3. The fourth-order valence-electron chi connectivity index (χ4n) is 2.10.